The van der Waals surface area contributed by atoms with Gasteiger partial charge in [-0.15, -0.1) is 0 Å². The number of aromatic nitrogens is 1. The summed E-state index contributed by atoms with van der Waals surface area (Å²) >= 11 is 0. The van der Waals surface area contributed by atoms with Crippen molar-refractivity contribution in [2.24, 2.45) is 0 Å². The van der Waals surface area contributed by atoms with Gasteiger partial charge in [-0.05, 0) is 45.9 Å². The van der Waals surface area contributed by atoms with Crippen molar-refractivity contribution < 1.29 is 19.3 Å². The summed E-state index contributed by atoms with van der Waals surface area (Å²) < 4.78 is 21.6. The lowest BCUT2D eigenvalue weighted by Crippen LogP contribution is -2.47. The molecule has 7 nitrogen and oxygen atoms in total. The molecule has 1 aliphatic heterocycles. The van der Waals surface area contributed by atoms with E-state index in [2.05, 4.69) is 15.1 Å². The van der Waals surface area contributed by atoms with E-state index in [0.29, 0.717) is 23.5 Å². The Bertz CT molecular complexity index is 861. The summed E-state index contributed by atoms with van der Waals surface area (Å²) in [7, 11) is 1.72. The maximum absolute atomic E-state index is 14.3. The van der Waals surface area contributed by atoms with E-state index in [-0.39, 0.29) is 23.7 Å². The number of ether oxygens (including phenoxy) is 1. The zero-order valence-corrected chi connectivity index (χ0v) is 18.3. The third-order valence-electron chi connectivity index (χ3n) is 5.56. The fraction of sp³-hybridized carbons (Fsp3) is 0.545. The second kappa shape index (κ2) is 9.47. The molecule has 0 radical (unpaired) electrons. The van der Waals surface area contributed by atoms with Crippen LogP contribution < -0.4 is 15.0 Å². The number of para-hydroxylation sites is 1. The number of anilines is 2. The molecular formula is C22H33FN4O3. The number of benzene rings is 1. The Hall–Kier alpha value is -2.61. The fourth-order valence-electron chi connectivity index (χ4n) is 3.99. The minimum Gasteiger partial charge on any atom is -0.494 e. The molecule has 0 saturated carbocycles. The Labute approximate surface area is 177 Å². The van der Waals surface area contributed by atoms with Crippen molar-refractivity contribution in [3.8, 4) is 17.5 Å². The molecule has 3 rings (SSSR count). The molecule has 1 aromatic carbocycles. The first kappa shape index (κ1) is 22.1. The van der Waals surface area contributed by atoms with Gasteiger partial charge in [0.15, 0.2) is 17.4 Å². The molecule has 0 atom stereocenters. The third-order valence-corrected chi connectivity index (χ3v) is 5.56. The lowest BCUT2D eigenvalue weighted by Gasteiger charge is -2.37. The van der Waals surface area contributed by atoms with Crippen LogP contribution >= 0.6 is 0 Å². The monoisotopic (exact) mass is 420 g/mol. The molecule has 8 heteroatoms. The highest BCUT2D eigenvalue weighted by atomic mass is 19.1. The van der Waals surface area contributed by atoms with Gasteiger partial charge in [-0.1, -0.05) is 6.07 Å². The highest BCUT2D eigenvalue weighted by Gasteiger charge is 2.23. The van der Waals surface area contributed by atoms with Crippen LogP contribution in [0.2, 0.25) is 0 Å². The van der Waals surface area contributed by atoms with Crippen molar-refractivity contribution in [1.82, 2.24) is 9.47 Å². The van der Waals surface area contributed by atoms with Crippen LogP contribution in [0.25, 0.3) is 0 Å². The Kier molecular flexibility index (Phi) is 6.97. The minimum absolute atomic E-state index is 0.0705. The quantitative estimate of drug-likeness (QED) is 0.608. The number of hydrogen-bond acceptors (Lipinski definition) is 6. The molecule has 166 valence electrons. The molecule has 2 aromatic rings. The van der Waals surface area contributed by atoms with Crippen molar-refractivity contribution in [3.05, 3.63) is 29.6 Å². The zero-order valence-electron chi connectivity index (χ0n) is 18.3. The Balaban J connectivity index is 1.54. The van der Waals surface area contributed by atoms with Gasteiger partial charge in [-0.25, -0.2) is 4.39 Å². The van der Waals surface area contributed by atoms with Crippen LogP contribution in [0.1, 0.15) is 25.8 Å². The molecule has 1 saturated heterocycles. The molecule has 30 heavy (non-hydrogen) atoms. The largest absolute Gasteiger partial charge is 0.494 e. The number of nitrogens with one attached hydrogen (secondary N) is 1. The van der Waals surface area contributed by atoms with E-state index in [0.717, 1.165) is 44.8 Å². The summed E-state index contributed by atoms with van der Waals surface area (Å²) in [4.78, 5) is 4.52. The van der Waals surface area contributed by atoms with Crippen molar-refractivity contribution in [3.63, 3.8) is 0 Å². The highest BCUT2D eigenvalue weighted by Crippen LogP contribution is 2.37. The van der Waals surface area contributed by atoms with Gasteiger partial charge in [0.25, 0.3) is 0 Å². The lowest BCUT2D eigenvalue weighted by molar-refractivity contribution is 0.226. The van der Waals surface area contributed by atoms with Crippen molar-refractivity contribution in [2.75, 3.05) is 50.0 Å². The smallest absolute Gasteiger partial charge is 0.218 e. The van der Waals surface area contributed by atoms with E-state index < -0.39 is 0 Å². The maximum Gasteiger partial charge on any atom is 0.218 e. The number of rotatable bonds is 8. The van der Waals surface area contributed by atoms with E-state index in [1.54, 1.807) is 24.6 Å². The summed E-state index contributed by atoms with van der Waals surface area (Å²) in [6, 6.07) is 5.07. The van der Waals surface area contributed by atoms with Gasteiger partial charge in [-0.2, -0.15) is 0 Å². The average molecular weight is 421 g/mol. The van der Waals surface area contributed by atoms with E-state index in [1.165, 1.54) is 6.07 Å². The van der Waals surface area contributed by atoms with Crippen molar-refractivity contribution in [1.29, 1.82) is 0 Å². The van der Waals surface area contributed by atoms with Crippen LogP contribution in [-0.4, -0.2) is 65.6 Å². The topological polar surface area (TPSA) is 73.1 Å². The van der Waals surface area contributed by atoms with Crippen LogP contribution in [0.15, 0.2) is 18.2 Å². The number of piperazine rings is 1. The maximum atomic E-state index is 14.3. The molecule has 3 N–H and O–H groups in total. The van der Waals surface area contributed by atoms with Crippen molar-refractivity contribution >= 4 is 11.4 Å². The summed E-state index contributed by atoms with van der Waals surface area (Å²) in [6.45, 7) is 10.3. The van der Waals surface area contributed by atoms with E-state index in [4.69, 9.17) is 4.74 Å². The first-order valence-electron chi connectivity index (χ1n) is 10.5. The van der Waals surface area contributed by atoms with Crippen molar-refractivity contribution in [2.45, 2.75) is 39.8 Å². The lowest BCUT2D eigenvalue weighted by atomic mass is 10.2. The first-order valence-corrected chi connectivity index (χ1v) is 10.5. The van der Waals surface area contributed by atoms with Crippen LogP contribution in [0.4, 0.5) is 15.8 Å². The number of nitrogens with zero attached hydrogens (tertiary/aromatic N) is 3. The van der Waals surface area contributed by atoms with Gasteiger partial charge >= 0.3 is 0 Å². The Morgan fingerprint density at radius 1 is 1.10 bits per heavy atom. The predicted octanol–water partition coefficient (Wildman–Crippen LogP) is 3.39. The standard InChI is InChI=1S/C22H33FN4O3/c1-15(2)30-20-17(23)7-5-8-18(20)26-13-11-25(12-14-26)9-6-10-27-21(28)16(3)19(24-4)22(27)29/h5,7-8,15,24,28-29H,6,9-14H2,1-4H3. The zero-order chi connectivity index (χ0) is 21.8. The average Bonchev–Trinajstić information content (AvgIpc) is 2.92. The second-order valence-corrected chi connectivity index (χ2v) is 7.99. The van der Waals surface area contributed by atoms with Crippen LogP contribution in [0, 0.1) is 12.7 Å². The molecule has 0 bridgehead atoms. The first-order chi connectivity index (χ1) is 14.3. The molecule has 0 aliphatic carbocycles. The van der Waals surface area contributed by atoms with Crippen LogP contribution in [-0.2, 0) is 6.54 Å². The molecule has 1 fully saturated rings. The normalized spacial score (nSPS) is 15.1. The van der Waals surface area contributed by atoms with Gasteiger partial charge in [-0.3, -0.25) is 9.47 Å². The summed E-state index contributed by atoms with van der Waals surface area (Å²) in [5, 5.41) is 23.4. The Morgan fingerprint density at radius 3 is 2.40 bits per heavy atom. The van der Waals surface area contributed by atoms with Gasteiger partial charge in [0.05, 0.1) is 11.8 Å². The molecule has 1 aliphatic rings. The number of aromatic hydroxyl groups is 2. The van der Waals surface area contributed by atoms with E-state index >= 15 is 0 Å². The molecule has 1 aromatic heterocycles. The molecule has 0 unspecified atom stereocenters. The van der Waals surface area contributed by atoms with E-state index in [1.807, 2.05) is 19.9 Å². The molecule has 0 amide bonds. The molecular weight excluding hydrogens is 387 g/mol. The fourth-order valence-corrected chi connectivity index (χ4v) is 3.99. The molecule has 2 heterocycles. The molecule has 0 spiro atoms. The predicted molar refractivity (Wildman–Crippen MR) is 117 cm³/mol. The van der Waals surface area contributed by atoms with Gasteiger partial charge in [0.2, 0.25) is 5.88 Å². The second-order valence-electron chi connectivity index (χ2n) is 7.99. The summed E-state index contributed by atoms with van der Waals surface area (Å²) in [5.74, 6) is 0.174. The highest BCUT2D eigenvalue weighted by molar-refractivity contribution is 5.64. The summed E-state index contributed by atoms with van der Waals surface area (Å²) in [5.41, 5.74) is 2.02. The van der Waals surface area contributed by atoms with Crippen LogP contribution in [0.3, 0.4) is 0 Å². The minimum atomic E-state index is -0.328. The van der Waals surface area contributed by atoms with Crippen LogP contribution in [0.5, 0.6) is 17.5 Å². The SMILES string of the molecule is CNc1c(C)c(O)n(CCCN2CCN(c3cccc(F)c3OC(C)C)CC2)c1O. The third kappa shape index (κ3) is 4.59. The summed E-state index contributed by atoms with van der Waals surface area (Å²) in [6.07, 6.45) is 0.718. The number of halogens is 1. The van der Waals surface area contributed by atoms with Gasteiger partial charge < -0.3 is 25.2 Å². The van der Waals surface area contributed by atoms with Gasteiger partial charge in [0.1, 0.15) is 5.69 Å². The van der Waals surface area contributed by atoms with E-state index in [9.17, 15) is 14.6 Å². The number of hydrogen-bond donors (Lipinski definition) is 3. The van der Waals surface area contributed by atoms with Gasteiger partial charge in [0, 0.05) is 45.3 Å². The Morgan fingerprint density at radius 2 is 1.80 bits per heavy atom.